The predicted molar refractivity (Wildman–Crippen MR) is 129 cm³/mol. The lowest BCUT2D eigenvalue weighted by atomic mass is 9.98. The van der Waals surface area contributed by atoms with Crippen LogP contribution in [0.1, 0.15) is 27.2 Å². The molecule has 1 aromatic heterocycles. The molecule has 0 radical (unpaired) electrons. The van der Waals surface area contributed by atoms with Crippen LogP contribution in [0.3, 0.4) is 0 Å². The largest absolute Gasteiger partial charge is 0.493 e. The summed E-state index contributed by atoms with van der Waals surface area (Å²) < 4.78 is 16.2. The highest BCUT2D eigenvalue weighted by Gasteiger charge is 2.27. The highest BCUT2D eigenvalue weighted by molar-refractivity contribution is 6.42. The number of halogens is 2. The van der Waals surface area contributed by atoms with Crippen LogP contribution in [-0.4, -0.2) is 48.9 Å². The number of benzene rings is 2. The van der Waals surface area contributed by atoms with E-state index in [2.05, 4.69) is 0 Å². The molecule has 0 fully saturated rings. The lowest BCUT2D eigenvalue weighted by Gasteiger charge is -2.31. The molecule has 0 bridgehead atoms. The Kier molecular flexibility index (Phi) is 7.34. The number of fused-ring (bicyclic) bond motifs is 1. The molecule has 178 valence electrons. The molecule has 2 amide bonds. The zero-order chi connectivity index (χ0) is 24.2. The van der Waals surface area contributed by atoms with Gasteiger partial charge in [0.25, 0.3) is 5.91 Å². The Balaban J connectivity index is 1.53. The van der Waals surface area contributed by atoms with Gasteiger partial charge >= 0.3 is 0 Å². The molecule has 0 aliphatic carbocycles. The number of rotatable bonds is 7. The van der Waals surface area contributed by atoms with Crippen molar-refractivity contribution in [2.24, 2.45) is 0 Å². The van der Waals surface area contributed by atoms with Gasteiger partial charge in [-0.1, -0.05) is 23.2 Å². The topological polar surface area (TPSA) is 72.2 Å². The van der Waals surface area contributed by atoms with E-state index in [-0.39, 0.29) is 29.9 Å². The number of ether oxygens (including phenoxy) is 2. The Morgan fingerprint density at radius 1 is 1.03 bits per heavy atom. The van der Waals surface area contributed by atoms with E-state index in [0.29, 0.717) is 47.4 Å². The van der Waals surface area contributed by atoms with Crippen molar-refractivity contribution in [3.8, 4) is 11.5 Å². The van der Waals surface area contributed by atoms with Crippen LogP contribution < -0.4 is 9.47 Å². The van der Waals surface area contributed by atoms with Gasteiger partial charge in [-0.3, -0.25) is 9.59 Å². The van der Waals surface area contributed by atoms with Gasteiger partial charge < -0.3 is 23.7 Å². The molecule has 0 saturated heterocycles. The first-order valence-electron chi connectivity index (χ1n) is 10.7. The third-order valence-corrected chi connectivity index (χ3v) is 6.52. The average Bonchev–Trinajstić information content (AvgIpc) is 3.36. The fourth-order valence-corrected chi connectivity index (χ4v) is 4.26. The number of carbonyl (C=O) groups excluding carboxylic acids is 2. The zero-order valence-corrected chi connectivity index (χ0v) is 20.4. The minimum absolute atomic E-state index is 0.109. The summed E-state index contributed by atoms with van der Waals surface area (Å²) in [5.74, 6) is 1.34. The van der Waals surface area contributed by atoms with Crippen LogP contribution in [0.2, 0.25) is 10.0 Å². The minimum atomic E-state index is -0.341. The molecule has 7 nitrogen and oxygen atoms in total. The summed E-state index contributed by atoms with van der Waals surface area (Å²) >= 11 is 12.1. The van der Waals surface area contributed by atoms with Crippen molar-refractivity contribution in [3.05, 3.63) is 81.2 Å². The summed E-state index contributed by atoms with van der Waals surface area (Å²) in [7, 11) is 3.18. The third kappa shape index (κ3) is 5.16. The van der Waals surface area contributed by atoms with E-state index in [0.717, 1.165) is 11.1 Å². The maximum Gasteiger partial charge on any atom is 0.254 e. The van der Waals surface area contributed by atoms with Crippen LogP contribution in [0.25, 0.3) is 0 Å². The van der Waals surface area contributed by atoms with E-state index in [9.17, 15) is 9.59 Å². The molecule has 4 rings (SSSR count). The zero-order valence-electron chi connectivity index (χ0n) is 18.8. The molecule has 0 saturated carbocycles. The van der Waals surface area contributed by atoms with Gasteiger partial charge in [-0.2, -0.15) is 0 Å². The van der Waals surface area contributed by atoms with Crippen LogP contribution in [0.15, 0.2) is 53.1 Å². The highest BCUT2D eigenvalue weighted by Crippen LogP contribution is 2.33. The van der Waals surface area contributed by atoms with Gasteiger partial charge in [0.2, 0.25) is 5.91 Å². The third-order valence-electron chi connectivity index (χ3n) is 5.78. The van der Waals surface area contributed by atoms with E-state index >= 15 is 0 Å². The van der Waals surface area contributed by atoms with Crippen molar-refractivity contribution in [2.75, 3.05) is 27.3 Å². The fraction of sp³-hybridized carbons (Fsp3) is 0.280. The standard InChI is InChI=1S/C25H24Cl2N2O5/c1-32-22-11-16-7-8-28(13-18(16)12-23(22)33-2)24(30)15-29(14-19-4-3-9-34-19)25(31)17-5-6-20(26)21(27)10-17/h3-6,9-12H,7-8,13-15H2,1-2H3. The van der Waals surface area contributed by atoms with Crippen molar-refractivity contribution in [2.45, 2.75) is 19.5 Å². The maximum atomic E-state index is 13.3. The number of hydrogen-bond acceptors (Lipinski definition) is 5. The molecule has 3 aromatic rings. The number of nitrogens with zero attached hydrogens (tertiary/aromatic N) is 2. The van der Waals surface area contributed by atoms with Gasteiger partial charge in [0.1, 0.15) is 12.3 Å². The number of hydrogen-bond donors (Lipinski definition) is 0. The van der Waals surface area contributed by atoms with Crippen molar-refractivity contribution in [1.82, 2.24) is 9.80 Å². The van der Waals surface area contributed by atoms with Gasteiger partial charge in [-0.15, -0.1) is 0 Å². The normalized spacial score (nSPS) is 12.8. The lowest BCUT2D eigenvalue weighted by Crippen LogP contribution is -2.44. The highest BCUT2D eigenvalue weighted by atomic mass is 35.5. The Morgan fingerprint density at radius 2 is 1.76 bits per heavy atom. The summed E-state index contributed by atoms with van der Waals surface area (Å²) in [6, 6.07) is 12.0. The van der Waals surface area contributed by atoms with Crippen LogP contribution in [-0.2, 0) is 24.3 Å². The summed E-state index contributed by atoms with van der Waals surface area (Å²) in [6.07, 6.45) is 2.21. The fourth-order valence-electron chi connectivity index (χ4n) is 3.96. The number of furan rings is 1. The molecule has 0 atom stereocenters. The van der Waals surface area contributed by atoms with Crippen LogP contribution >= 0.6 is 23.2 Å². The van der Waals surface area contributed by atoms with Gasteiger partial charge in [-0.05, 0) is 60.0 Å². The Hall–Kier alpha value is -3.16. The minimum Gasteiger partial charge on any atom is -0.493 e. The maximum absolute atomic E-state index is 13.3. The van der Waals surface area contributed by atoms with E-state index in [1.54, 1.807) is 43.4 Å². The number of methoxy groups -OCH3 is 2. The van der Waals surface area contributed by atoms with E-state index in [1.165, 1.54) is 17.2 Å². The Bertz CT molecular complexity index is 1200. The summed E-state index contributed by atoms with van der Waals surface area (Å²) in [5.41, 5.74) is 2.45. The Morgan fingerprint density at radius 3 is 2.41 bits per heavy atom. The van der Waals surface area contributed by atoms with Crippen molar-refractivity contribution in [1.29, 1.82) is 0 Å². The van der Waals surface area contributed by atoms with Crippen LogP contribution in [0, 0.1) is 0 Å². The quantitative estimate of drug-likeness (QED) is 0.462. The second kappa shape index (κ2) is 10.4. The van der Waals surface area contributed by atoms with Crippen molar-refractivity contribution < 1.29 is 23.5 Å². The summed E-state index contributed by atoms with van der Waals surface area (Å²) in [6.45, 7) is 0.997. The Labute approximate surface area is 207 Å². The molecule has 2 heterocycles. The molecule has 1 aliphatic heterocycles. The second-order valence-corrected chi connectivity index (χ2v) is 8.73. The number of amides is 2. The van der Waals surface area contributed by atoms with Gasteiger partial charge in [-0.25, -0.2) is 0 Å². The lowest BCUT2D eigenvalue weighted by molar-refractivity contribution is -0.133. The predicted octanol–water partition coefficient (Wildman–Crippen LogP) is 4.83. The van der Waals surface area contributed by atoms with Crippen molar-refractivity contribution >= 4 is 35.0 Å². The van der Waals surface area contributed by atoms with Gasteiger partial charge in [0.15, 0.2) is 11.5 Å². The molecule has 0 spiro atoms. The molecule has 2 aromatic carbocycles. The monoisotopic (exact) mass is 502 g/mol. The van der Waals surface area contributed by atoms with E-state index < -0.39 is 0 Å². The molecule has 0 unspecified atom stereocenters. The summed E-state index contributed by atoms with van der Waals surface area (Å²) in [5, 5.41) is 0.625. The first-order valence-corrected chi connectivity index (χ1v) is 11.4. The first-order chi connectivity index (χ1) is 16.4. The molecule has 0 N–H and O–H groups in total. The molecular formula is C25H24Cl2N2O5. The molecular weight excluding hydrogens is 479 g/mol. The SMILES string of the molecule is COc1cc2c(cc1OC)CN(C(=O)CN(Cc1ccco1)C(=O)c1ccc(Cl)c(Cl)c1)CC2. The smallest absolute Gasteiger partial charge is 0.254 e. The summed E-state index contributed by atoms with van der Waals surface area (Å²) in [4.78, 5) is 29.8. The average molecular weight is 503 g/mol. The van der Waals surface area contributed by atoms with E-state index in [4.69, 9.17) is 37.1 Å². The van der Waals surface area contributed by atoms with E-state index in [1.807, 2.05) is 12.1 Å². The van der Waals surface area contributed by atoms with Gasteiger partial charge in [0.05, 0.1) is 37.1 Å². The van der Waals surface area contributed by atoms with Crippen molar-refractivity contribution in [3.63, 3.8) is 0 Å². The van der Waals surface area contributed by atoms with Crippen LogP contribution in [0.5, 0.6) is 11.5 Å². The van der Waals surface area contributed by atoms with Gasteiger partial charge in [0, 0.05) is 18.7 Å². The number of carbonyl (C=O) groups is 2. The molecule has 1 aliphatic rings. The second-order valence-electron chi connectivity index (χ2n) is 7.91. The molecule has 34 heavy (non-hydrogen) atoms. The van der Waals surface area contributed by atoms with Crippen LogP contribution in [0.4, 0.5) is 0 Å². The first kappa shape index (κ1) is 24.0. The molecule has 9 heteroatoms.